The van der Waals surface area contributed by atoms with Crippen LogP contribution in [0.1, 0.15) is 5.56 Å². The summed E-state index contributed by atoms with van der Waals surface area (Å²) in [6.45, 7) is 1.64. The second kappa shape index (κ2) is 8.01. The molecule has 0 aromatic heterocycles. The molecule has 0 aliphatic carbocycles. The zero-order valence-corrected chi connectivity index (χ0v) is 17.7. The van der Waals surface area contributed by atoms with Gasteiger partial charge in [-0.15, -0.1) is 0 Å². The van der Waals surface area contributed by atoms with Crippen LogP contribution in [0.15, 0.2) is 77.7 Å². The molecule has 3 aromatic rings. The number of amides is 1. The molecule has 1 aliphatic heterocycles. The fourth-order valence-corrected chi connectivity index (χ4v) is 4.91. The number of anilines is 2. The van der Waals surface area contributed by atoms with E-state index in [1.54, 1.807) is 67.6 Å². The second-order valence-electron chi connectivity index (χ2n) is 6.83. The Hall–Kier alpha value is -3.03. The maximum Gasteiger partial charge on any atom is 0.267 e. The molecule has 3 aromatic carbocycles. The number of fused-ring (bicyclic) bond motifs is 1. The number of nitrogens with one attached hydrogen (secondary N) is 1. The minimum atomic E-state index is -3.88. The largest absolute Gasteiger partial charge is 0.476 e. The first-order valence-corrected chi connectivity index (χ1v) is 11.1. The van der Waals surface area contributed by atoms with E-state index in [4.69, 9.17) is 16.3 Å². The van der Waals surface area contributed by atoms with Crippen molar-refractivity contribution in [3.05, 3.63) is 83.4 Å². The Kier molecular flexibility index (Phi) is 5.40. The molecule has 0 spiro atoms. The molecule has 0 unspecified atom stereocenters. The summed E-state index contributed by atoms with van der Waals surface area (Å²) in [5.74, 6) is -0.130. The van der Waals surface area contributed by atoms with Crippen molar-refractivity contribution in [2.75, 3.05) is 16.2 Å². The van der Waals surface area contributed by atoms with Crippen molar-refractivity contribution in [3.8, 4) is 5.75 Å². The van der Waals surface area contributed by atoms with Gasteiger partial charge in [0.05, 0.1) is 17.1 Å². The average Bonchev–Trinajstić information content (AvgIpc) is 2.76. The van der Waals surface area contributed by atoms with Crippen molar-refractivity contribution in [1.29, 1.82) is 0 Å². The van der Waals surface area contributed by atoms with Gasteiger partial charge in [0.1, 0.15) is 5.75 Å². The molecule has 1 aliphatic rings. The summed E-state index contributed by atoms with van der Waals surface area (Å²) >= 11 is 6.13. The van der Waals surface area contributed by atoms with Crippen molar-refractivity contribution >= 4 is 38.9 Å². The molecule has 0 saturated carbocycles. The molecular formula is C22H19ClN2O4S. The van der Waals surface area contributed by atoms with Gasteiger partial charge in [-0.05, 0) is 48.9 Å². The number of para-hydroxylation sites is 2. The van der Waals surface area contributed by atoms with Crippen molar-refractivity contribution in [3.63, 3.8) is 0 Å². The first-order valence-electron chi connectivity index (χ1n) is 9.27. The van der Waals surface area contributed by atoms with Gasteiger partial charge in [-0.3, -0.25) is 9.10 Å². The molecule has 154 valence electrons. The van der Waals surface area contributed by atoms with Crippen LogP contribution in [0.3, 0.4) is 0 Å². The third-order valence-electron chi connectivity index (χ3n) is 4.88. The van der Waals surface area contributed by atoms with E-state index < -0.39 is 22.0 Å². The SMILES string of the molecule is Cc1c(Cl)cccc1NC(=O)[C@H]1CN(S(=O)(=O)c2ccccc2)c2ccccc2O1. The van der Waals surface area contributed by atoms with Gasteiger partial charge < -0.3 is 10.1 Å². The van der Waals surface area contributed by atoms with Gasteiger partial charge in [0.25, 0.3) is 15.9 Å². The molecule has 8 heteroatoms. The van der Waals surface area contributed by atoms with Crippen LogP contribution in [0.4, 0.5) is 11.4 Å². The summed E-state index contributed by atoms with van der Waals surface area (Å²) in [5.41, 5.74) is 1.66. The van der Waals surface area contributed by atoms with Gasteiger partial charge in [0, 0.05) is 10.7 Å². The van der Waals surface area contributed by atoms with Crippen LogP contribution < -0.4 is 14.4 Å². The Morgan fingerprint density at radius 3 is 2.50 bits per heavy atom. The van der Waals surface area contributed by atoms with Crippen LogP contribution in [-0.2, 0) is 14.8 Å². The lowest BCUT2D eigenvalue weighted by Gasteiger charge is -2.34. The van der Waals surface area contributed by atoms with Gasteiger partial charge in [-0.25, -0.2) is 8.42 Å². The number of carbonyl (C=O) groups is 1. The lowest BCUT2D eigenvalue weighted by atomic mass is 10.1. The summed E-state index contributed by atoms with van der Waals surface area (Å²) < 4.78 is 33.7. The lowest BCUT2D eigenvalue weighted by molar-refractivity contribution is -0.122. The lowest BCUT2D eigenvalue weighted by Crippen LogP contribution is -2.48. The summed E-state index contributed by atoms with van der Waals surface area (Å²) in [5, 5.41) is 3.32. The molecule has 0 fully saturated rings. The van der Waals surface area contributed by atoms with Crippen molar-refractivity contribution in [1.82, 2.24) is 0 Å². The van der Waals surface area contributed by atoms with Crippen molar-refractivity contribution in [2.45, 2.75) is 17.9 Å². The number of hydrogen-bond donors (Lipinski definition) is 1. The van der Waals surface area contributed by atoms with Crippen LogP contribution in [0.5, 0.6) is 5.75 Å². The first kappa shape index (κ1) is 20.3. The molecule has 1 amide bonds. The van der Waals surface area contributed by atoms with E-state index in [2.05, 4.69) is 5.32 Å². The normalized spacial score (nSPS) is 15.8. The maximum atomic E-state index is 13.3. The van der Waals surface area contributed by atoms with Gasteiger partial charge in [0.2, 0.25) is 0 Å². The number of rotatable bonds is 4. The monoisotopic (exact) mass is 442 g/mol. The highest BCUT2D eigenvalue weighted by atomic mass is 35.5. The van der Waals surface area contributed by atoms with E-state index in [1.165, 1.54) is 16.4 Å². The standard InChI is InChI=1S/C22H19ClN2O4S/c1-15-17(23)10-7-11-18(15)24-22(26)21-14-25(19-12-5-6-13-20(19)29-21)30(27,28)16-8-3-2-4-9-16/h2-13,21H,14H2,1H3,(H,24,26)/t21-/m1/s1. The molecule has 6 nitrogen and oxygen atoms in total. The number of benzene rings is 3. The topological polar surface area (TPSA) is 75.7 Å². The van der Waals surface area contributed by atoms with E-state index in [1.807, 2.05) is 0 Å². The number of nitrogens with zero attached hydrogens (tertiary/aromatic N) is 1. The zero-order valence-electron chi connectivity index (χ0n) is 16.1. The highest BCUT2D eigenvalue weighted by Crippen LogP contribution is 2.37. The Bertz CT molecular complexity index is 1200. The zero-order chi connectivity index (χ0) is 21.3. The minimum Gasteiger partial charge on any atom is -0.476 e. The van der Waals surface area contributed by atoms with E-state index in [0.717, 1.165) is 5.56 Å². The van der Waals surface area contributed by atoms with E-state index in [-0.39, 0.29) is 11.4 Å². The second-order valence-corrected chi connectivity index (χ2v) is 9.09. The highest BCUT2D eigenvalue weighted by molar-refractivity contribution is 7.92. The van der Waals surface area contributed by atoms with Crippen molar-refractivity contribution in [2.24, 2.45) is 0 Å². The summed E-state index contributed by atoms with van der Waals surface area (Å²) in [4.78, 5) is 13.1. The van der Waals surface area contributed by atoms with Crippen LogP contribution in [0.2, 0.25) is 5.02 Å². The fraction of sp³-hybridized carbons (Fsp3) is 0.136. The predicted octanol–water partition coefficient (Wildman–Crippen LogP) is 4.24. The minimum absolute atomic E-state index is 0.145. The molecule has 1 N–H and O–H groups in total. The Balaban J connectivity index is 1.68. The van der Waals surface area contributed by atoms with E-state index in [9.17, 15) is 13.2 Å². The highest BCUT2D eigenvalue weighted by Gasteiger charge is 2.37. The molecule has 30 heavy (non-hydrogen) atoms. The summed E-state index contributed by atoms with van der Waals surface area (Å²) in [6.07, 6.45) is -1.03. The third-order valence-corrected chi connectivity index (χ3v) is 7.09. The average molecular weight is 443 g/mol. The number of sulfonamides is 1. The van der Waals surface area contributed by atoms with Gasteiger partial charge in [0.15, 0.2) is 6.10 Å². The Morgan fingerprint density at radius 1 is 1.03 bits per heavy atom. The molecule has 1 atom stereocenters. The quantitative estimate of drug-likeness (QED) is 0.655. The Labute approximate surface area is 180 Å². The molecular weight excluding hydrogens is 424 g/mol. The predicted molar refractivity (Wildman–Crippen MR) is 117 cm³/mol. The molecule has 0 saturated heterocycles. The van der Waals surface area contributed by atoms with Crippen LogP contribution in [0.25, 0.3) is 0 Å². The van der Waals surface area contributed by atoms with Gasteiger partial charge >= 0.3 is 0 Å². The number of carbonyl (C=O) groups excluding carboxylic acids is 1. The van der Waals surface area contributed by atoms with E-state index in [0.29, 0.717) is 22.1 Å². The van der Waals surface area contributed by atoms with Crippen LogP contribution in [-0.4, -0.2) is 27.0 Å². The number of hydrogen-bond acceptors (Lipinski definition) is 4. The van der Waals surface area contributed by atoms with Gasteiger partial charge in [-0.2, -0.15) is 0 Å². The van der Waals surface area contributed by atoms with Gasteiger partial charge in [-0.1, -0.05) is 48.0 Å². The fourth-order valence-electron chi connectivity index (χ4n) is 3.24. The molecule has 0 radical (unpaired) electrons. The maximum absolute atomic E-state index is 13.3. The molecule has 1 heterocycles. The Morgan fingerprint density at radius 2 is 1.73 bits per heavy atom. The summed E-state index contributed by atoms with van der Waals surface area (Å²) in [6, 6.07) is 20.1. The van der Waals surface area contributed by atoms with Crippen LogP contribution in [0, 0.1) is 6.92 Å². The smallest absolute Gasteiger partial charge is 0.267 e. The first-order chi connectivity index (χ1) is 14.4. The number of ether oxygens (including phenoxy) is 1. The molecule has 4 rings (SSSR count). The summed E-state index contributed by atoms with van der Waals surface area (Å²) in [7, 11) is -3.88. The van der Waals surface area contributed by atoms with E-state index >= 15 is 0 Å². The third kappa shape index (κ3) is 3.74. The molecule has 0 bridgehead atoms. The number of halogens is 1. The van der Waals surface area contributed by atoms with Crippen LogP contribution >= 0.6 is 11.6 Å². The van der Waals surface area contributed by atoms with Crippen molar-refractivity contribution < 1.29 is 17.9 Å².